The highest BCUT2D eigenvalue weighted by molar-refractivity contribution is 6.30. The van der Waals surface area contributed by atoms with Gasteiger partial charge in [0.15, 0.2) is 6.61 Å². The summed E-state index contributed by atoms with van der Waals surface area (Å²) in [7, 11) is 0. The zero-order valence-electron chi connectivity index (χ0n) is 15.8. The number of carbonyl (C=O) groups is 1. The van der Waals surface area contributed by atoms with Gasteiger partial charge in [0.25, 0.3) is 5.91 Å². The summed E-state index contributed by atoms with van der Waals surface area (Å²) in [6.45, 7) is 0.642. The normalized spacial score (nSPS) is 16.0. The summed E-state index contributed by atoms with van der Waals surface area (Å²) in [6, 6.07) is 16.6. The zero-order valence-corrected chi connectivity index (χ0v) is 16.5. The number of nitrogen functional groups attached to an aromatic ring is 1. The topological polar surface area (TPSA) is 81.3 Å². The lowest BCUT2D eigenvalue weighted by atomic mass is 10.00. The Bertz CT molecular complexity index is 995. The van der Waals surface area contributed by atoms with Crippen LogP contribution in [-0.2, 0) is 4.79 Å². The Morgan fingerprint density at radius 2 is 1.93 bits per heavy atom. The quantitative estimate of drug-likeness (QED) is 0.686. The number of nitrogens with zero attached hydrogens (tertiary/aromatic N) is 3. The Balaban J connectivity index is 1.59. The molecule has 1 unspecified atom stereocenters. The molecule has 148 valence electrons. The fourth-order valence-corrected chi connectivity index (χ4v) is 3.74. The van der Waals surface area contributed by atoms with Crippen molar-refractivity contribution in [2.75, 3.05) is 18.9 Å². The number of likely N-dealkylation sites (tertiary alicyclic amines) is 1. The van der Waals surface area contributed by atoms with E-state index in [1.165, 1.54) is 0 Å². The number of amides is 1. The van der Waals surface area contributed by atoms with Gasteiger partial charge in [0.2, 0.25) is 5.95 Å². The van der Waals surface area contributed by atoms with Crippen LogP contribution in [0.15, 0.2) is 60.8 Å². The lowest BCUT2D eigenvalue weighted by Crippen LogP contribution is -2.35. The van der Waals surface area contributed by atoms with E-state index in [2.05, 4.69) is 9.97 Å². The molecule has 1 amide bonds. The minimum Gasteiger partial charge on any atom is -0.484 e. The molecule has 1 aliphatic rings. The van der Waals surface area contributed by atoms with Crippen LogP contribution in [0.25, 0.3) is 11.1 Å². The van der Waals surface area contributed by atoms with Crippen molar-refractivity contribution in [1.82, 2.24) is 14.9 Å². The standard InChI is InChI=1S/C22H21ClN4O2/c23-16-10-8-15(9-11-16)18-13-25-22(24)26-21(18)19-7-4-12-27(19)20(28)14-29-17-5-2-1-3-6-17/h1-3,5-6,8-11,13,19H,4,7,12,14H2,(H2,24,25,26). The number of hydrogen-bond acceptors (Lipinski definition) is 5. The van der Waals surface area contributed by atoms with Crippen molar-refractivity contribution in [1.29, 1.82) is 0 Å². The van der Waals surface area contributed by atoms with E-state index in [1.54, 1.807) is 6.20 Å². The number of aromatic nitrogens is 2. The summed E-state index contributed by atoms with van der Waals surface area (Å²) < 4.78 is 5.65. The van der Waals surface area contributed by atoms with Gasteiger partial charge in [-0.1, -0.05) is 41.9 Å². The van der Waals surface area contributed by atoms with Crippen molar-refractivity contribution in [3.63, 3.8) is 0 Å². The SMILES string of the molecule is Nc1ncc(-c2ccc(Cl)cc2)c(C2CCCN2C(=O)COc2ccccc2)n1. The predicted molar refractivity (Wildman–Crippen MR) is 113 cm³/mol. The summed E-state index contributed by atoms with van der Waals surface area (Å²) >= 11 is 6.02. The van der Waals surface area contributed by atoms with Crippen molar-refractivity contribution in [2.24, 2.45) is 0 Å². The van der Waals surface area contributed by atoms with Crippen LogP contribution in [0.4, 0.5) is 5.95 Å². The second-order valence-corrected chi connectivity index (χ2v) is 7.32. The van der Waals surface area contributed by atoms with Crippen LogP contribution in [0.3, 0.4) is 0 Å². The predicted octanol–water partition coefficient (Wildman–Crippen LogP) is 4.12. The molecular weight excluding hydrogens is 388 g/mol. The van der Waals surface area contributed by atoms with Crippen molar-refractivity contribution in [2.45, 2.75) is 18.9 Å². The number of carbonyl (C=O) groups excluding carboxylic acids is 1. The number of hydrogen-bond donors (Lipinski definition) is 1. The van der Waals surface area contributed by atoms with E-state index >= 15 is 0 Å². The summed E-state index contributed by atoms with van der Waals surface area (Å²) in [5, 5.41) is 0.655. The molecule has 2 N–H and O–H groups in total. The first-order valence-electron chi connectivity index (χ1n) is 9.47. The summed E-state index contributed by atoms with van der Waals surface area (Å²) in [6.07, 6.45) is 3.42. The van der Waals surface area contributed by atoms with E-state index in [0.717, 1.165) is 29.7 Å². The second kappa shape index (κ2) is 8.49. The van der Waals surface area contributed by atoms with E-state index in [4.69, 9.17) is 22.1 Å². The molecule has 1 aromatic heterocycles. The number of ether oxygens (including phenoxy) is 1. The van der Waals surface area contributed by atoms with Crippen LogP contribution in [0.1, 0.15) is 24.6 Å². The molecule has 7 heteroatoms. The monoisotopic (exact) mass is 408 g/mol. The molecule has 2 aromatic carbocycles. The largest absolute Gasteiger partial charge is 0.484 e. The maximum Gasteiger partial charge on any atom is 0.261 e. The average Bonchev–Trinajstić information content (AvgIpc) is 3.23. The molecule has 2 heterocycles. The Labute approximate surface area is 174 Å². The van der Waals surface area contributed by atoms with Crippen molar-refractivity contribution in [3.8, 4) is 16.9 Å². The van der Waals surface area contributed by atoms with Gasteiger partial charge < -0.3 is 15.4 Å². The van der Waals surface area contributed by atoms with Gasteiger partial charge in [0, 0.05) is 23.3 Å². The molecule has 1 aliphatic heterocycles. The molecule has 1 fully saturated rings. The van der Waals surface area contributed by atoms with Crippen LogP contribution < -0.4 is 10.5 Å². The molecule has 0 spiro atoms. The fraction of sp³-hybridized carbons (Fsp3) is 0.227. The second-order valence-electron chi connectivity index (χ2n) is 6.88. The number of para-hydroxylation sites is 1. The van der Waals surface area contributed by atoms with Crippen LogP contribution in [-0.4, -0.2) is 33.9 Å². The van der Waals surface area contributed by atoms with Crippen LogP contribution in [0, 0.1) is 0 Å². The molecule has 4 rings (SSSR count). The van der Waals surface area contributed by atoms with Crippen LogP contribution in [0.2, 0.25) is 5.02 Å². The molecular formula is C22H21ClN4O2. The van der Waals surface area contributed by atoms with Gasteiger partial charge in [-0.05, 0) is 42.7 Å². The van der Waals surface area contributed by atoms with Gasteiger partial charge in [-0.3, -0.25) is 4.79 Å². The van der Waals surface area contributed by atoms with Gasteiger partial charge in [-0.2, -0.15) is 0 Å². The number of anilines is 1. The van der Waals surface area contributed by atoms with Gasteiger partial charge >= 0.3 is 0 Å². The van der Waals surface area contributed by atoms with E-state index < -0.39 is 0 Å². The van der Waals surface area contributed by atoms with E-state index in [-0.39, 0.29) is 24.5 Å². The van der Waals surface area contributed by atoms with E-state index in [0.29, 0.717) is 17.3 Å². The first-order valence-corrected chi connectivity index (χ1v) is 9.85. The summed E-state index contributed by atoms with van der Waals surface area (Å²) in [4.78, 5) is 23.4. The molecule has 0 aliphatic carbocycles. The van der Waals surface area contributed by atoms with Crippen molar-refractivity contribution in [3.05, 3.63) is 71.5 Å². The highest BCUT2D eigenvalue weighted by Gasteiger charge is 2.33. The van der Waals surface area contributed by atoms with E-state index in [9.17, 15) is 4.79 Å². The highest BCUT2D eigenvalue weighted by Crippen LogP contribution is 2.37. The smallest absolute Gasteiger partial charge is 0.261 e. The third-order valence-corrected chi connectivity index (χ3v) is 5.24. The van der Waals surface area contributed by atoms with Gasteiger partial charge in [0.1, 0.15) is 5.75 Å². The Kier molecular flexibility index (Phi) is 5.62. The first-order chi connectivity index (χ1) is 14.1. The van der Waals surface area contributed by atoms with Crippen molar-refractivity contribution >= 4 is 23.5 Å². The fourth-order valence-electron chi connectivity index (χ4n) is 3.61. The molecule has 0 radical (unpaired) electrons. The number of rotatable bonds is 5. The van der Waals surface area contributed by atoms with Crippen molar-refractivity contribution < 1.29 is 9.53 Å². The highest BCUT2D eigenvalue weighted by atomic mass is 35.5. The third-order valence-electron chi connectivity index (χ3n) is 4.99. The summed E-state index contributed by atoms with van der Waals surface area (Å²) in [5.41, 5.74) is 8.42. The average molecular weight is 409 g/mol. The zero-order chi connectivity index (χ0) is 20.2. The van der Waals surface area contributed by atoms with Gasteiger partial charge in [0.05, 0.1) is 11.7 Å². The molecule has 6 nitrogen and oxygen atoms in total. The molecule has 1 saturated heterocycles. The Morgan fingerprint density at radius 1 is 1.17 bits per heavy atom. The minimum atomic E-state index is -0.169. The number of benzene rings is 2. The molecule has 0 saturated carbocycles. The molecule has 29 heavy (non-hydrogen) atoms. The first kappa shape index (κ1) is 19.2. The van der Waals surface area contributed by atoms with E-state index in [1.807, 2.05) is 59.5 Å². The lowest BCUT2D eigenvalue weighted by molar-refractivity contribution is -0.134. The number of nitrogens with two attached hydrogens (primary N) is 1. The maximum absolute atomic E-state index is 12.9. The molecule has 1 atom stereocenters. The Morgan fingerprint density at radius 3 is 2.69 bits per heavy atom. The third kappa shape index (κ3) is 4.32. The van der Waals surface area contributed by atoms with Gasteiger partial charge in [-0.15, -0.1) is 0 Å². The van der Waals surface area contributed by atoms with Crippen LogP contribution >= 0.6 is 11.6 Å². The molecule has 0 bridgehead atoms. The molecule has 3 aromatic rings. The van der Waals surface area contributed by atoms with Crippen LogP contribution in [0.5, 0.6) is 5.75 Å². The summed E-state index contributed by atoms with van der Waals surface area (Å²) in [5.74, 6) is 0.790. The van der Waals surface area contributed by atoms with Gasteiger partial charge in [-0.25, -0.2) is 9.97 Å². The Hall–Kier alpha value is -3.12. The maximum atomic E-state index is 12.9. The number of halogens is 1. The minimum absolute atomic E-state index is 0.0165. The lowest BCUT2D eigenvalue weighted by Gasteiger charge is -2.26.